The highest BCUT2D eigenvalue weighted by atomic mass is 32.2. The van der Waals surface area contributed by atoms with Gasteiger partial charge in [-0.2, -0.15) is 5.26 Å². The summed E-state index contributed by atoms with van der Waals surface area (Å²) in [6.07, 6.45) is 0. The Kier molecular flexibility index (Phi) is 5.19. The van der Waals surface area contributed by atoms with Crippen molar-refractivity contribution in [1.29, 1.82) is 5.26 Å². The predicted octanol–water partition coefficient (Wildman–Crippen LogP) is 4.69. The standard InChI is InChI=1S/C18H17NOS/c1-13(2)18(20)16-7-9-17(10-8-16)21-12-15-5-3-14(11-19)4-6-15/h3-10,13H,12H2,1-2H3. The molecule has 3 heteroatoms. The van der Waals surface area contributed by atoms with Gasteiger partial charge < -0.3 is 0 Å². The second-order valence-corrected chi connectivity index (χ2v) is 6.19. The molecule has 0 spiro atoms. The first kappa shape index (κ1) is 15.3. The minimum atomic E-state index is 0.0298. The highest BCUT2D eigenvalue weighted by Gasteiger charge is 2.09. The van der Waals surface area contributed by atoms with E-state index in [-0.39, 0.29) is 11.7 Å². The quantitative estimate of drug-likeness (QED) is 0.593. The van der Waals surface area contributed by atoms with E-state index in [1.807, 2.05) is 62.4 Å². The molecular weight excluding hydrogens is 278 g/mol. The van der Waals surface area contributed by atoms with E-state index in [1.54, 1.807) is 11.8 Å². The van der Waals surface area contributed by atoms with Crippen LogP contribution in [0, 0.1) is 17.2 Å². The summed E-state index contributed by atoms with van der Waals surface area (Å²) in [6, 6.07) is 17.5. The molecule has 0 N–H and O–H groups in total. The number of ketones is 1. The van der Waals surface area contributed by atoms with Crippen molar-refractivity contribution in [2.24, 2.45) is 5.92 Å². The number of Topliss-reactive ketones (excluding diaryl/α,β-unsaturated/α-hetero) is 1. The smallest absolute Gasteiger partial charge is 0.165 e. The van der Waals surface area contributed by atoms with Crippen LogP contribution >= 0.6 is 11.8 Å². The third kappa shape index (κ3) is 4.21. The maximum atomic E-state index is 11.9. The average Bonchev–Trinajstić information content (AvgIpc) is 2.53. The molecule has 21 heavy (non-hydrogen) atoms. The summed E-state index contributed by atoms with van der Waals surface area (Å²) in [4.78, 5) is 13.0. The van der Waals surface area contributed by atoms with Crippen molar-refractivity contribution in [3.8, 4) is 6.07 Å². The van der Waals surface area contributed by atoms with Gasteiger partial charge in [-0.15, -0.1) is 11.8 Å². The van der Waals surface area contributed by atoms with Crippen molar-refractivity contribution in [3.05, 3.63) is 65.2 Å². The zero-order valence-electron chi connectivity index (χ0n) is 12.2. The lowest BCUT2D eigenvalue weighted by atomic mass is 10.0. The van der Waals surface area contributed by atoms with Crippen LogP contribution in [0.3, 0.4) is 0 Å². The number of benzene rings is 2. The summed E-state index contributed by atoms with van der Waals surface area (Å²) in [5.74, 6) is 1.06. The lowest BCUT2D eigenvalue weighted by Crippen LogP contribution is -2.06. The lowest BCUT2D eigenvalue weighted by molar-refractivity contribution is 0.0939. The van der Waals surface area contributed by atoms with Crippen LogP contribution in [0.1, 0.15) is 35.3 Å². The van der Waals surface area contributed by atoms with Gasteiger partial charge in [-0.3, -0.25) is 4.79 Å². The van der Waals surface area contributed by atoms with Crippen molar-refractivity contribution in [3.63, 3.8) is 0 Å². The Morgan fingerprint density at radius 2 is 1.71 bits per heavy atom. The van der Waals surface area contributed by atoms with Gasteiger partial charge in [0.25, 0.3) is 0 Å². The van der Waals surface area contributed by atoms with Crippen molar-refractivity contribution in [2.75, 3.05) is 0 Å². The van der Waals surface area contributed by atoms with Crippen LogP contribution in [0.25, 0.3) is 0 Å². The highest BCUT2D eigenvalue weighted by molar-refractivity contribution is 7.98. The predicted molar refractivity (Wildman–Crippen MR) is 86.3 cm³/mol. The third-order valence-corrected chi connectivity index (χ3v) is 4.23. The number of hydrogen-bond acceptors (Lipinski definition) is 3. The molecule has 0 fully saturated rings. The van der Waals surface area contributed by atoms with Gasteiger partial charge >= 0.3 is 0 Å². The fourth-order valence-electron chi connectivity index (χ4n) is 1.89. The number of carbonyl (C=O) groups is 1. The van der Waals surface area contributed by atoms with Crippen LogP contribution in [0.2, 0.25) is 0 Å². The van der Waals surface area contributed by atoms with Gasteiger partial charge in [-0.1, -0.05) is 38.1 Å². The van der Waals surface area contributed by atoms with E-state index in [0.717, 1.165) is 16.2 Å². The van der Waals surface area contributed by atoms with Gasteiger partial charge in [0.1, 0.15) is 0 Å². The Morgan fingerprint density at radius 1 is 1.10 bits per heavy atom. The van der Waals surface area contributed by atoms with Gasteiger partial charge in [0, 0.05) is 22.1 Å². The zero-order chi connectivity index (χ0) is 15.2. The first-order valence-electron chi connectivity index (χ1n) is 6.86. The zero-order valence-corrected chi connectivity index (χ0v) is 13.0. The molecule has 0 heterocycles. The summed E-state index contributed by atoms with van der Waals surface area (Å²) in [5, 5.41) is 8.76. The van der Waals surface area contributed by atoms with Crippen LogP contribution in [-0.2, 0) is 5.75 Å². The minimum Gasteiger partial charge on any atom is -0.294 e. The van der Waals surface area contributed by atoms with E-state index in [9.17, 15) is 4.79 Å². The van der Waals surface area contributed by atoms with Crippen molar-refractivity contribution >= 4 is 17.5 Å². The normalized spacial score (nSPS) is 10.4. The number of rotatable bonds is 5. The fourth-order valence-corrected chi connectivity index (χ4v) is 2.75. The number of nitriles is 1. The minimum absolute atomic E-state index is 0.0298. The Hall–Kier alpha value is -2.05. The van der Waals surface area contributed by atoms with Gasteiger partial charge in [0.15, 0.2) is 5.78 Å². The van der Waals surface area contributed by atoms with Crippen LogP contribution < -0.4 is 0 Å². The van der Waals surface area contributed by atoms with Gasteiger partial charge in [-0.05, 0) is 29.8 Å². The lowest BCUT2D eigenvalue weighted by Gasteiger charge is -2.06. The van der Waals surface area contributed by atoms with Crippen LogP contribution in [0.4, 0.5) is 0 Å². The Balaban J connectivity index is 1.97. The van der Waals surface area contributed by atoms with Crippen LogP contribution in [0.5, 0.6) is 0 Å². The molecule has 0 saturated heterocycles. The maximum Gasteiger partial charge on any atom is 0.165 e. The van der Waals surface area contributed by atoms with E-state index < -0.39 is 0 Å². The van der Waals surface area contributed by atoms with E-state index in [4.69, 9.17) is 5.26 Å². The Morgan fingerprint density at radius 3 is 2.24 bits per heavy atom. The Bertz CT molecular complexity index is 651. The van der Waals surface area contributed by atoms with Gasteiger partial charge in [0.2, 0.25) is 0 Å². The van der Waals surface area contributed by atoms with Crippen molar-refractivity contribution < 1.29 is 4.79 Å². The Labute approximate surface area is 129 Å². The summed E-state index contributed by atoms with van der Waals surface area (Å²) < 4.78 is 0. The summed E-state index contributed by atoms with van der Waals surface area (Å²) in [7, 11) is 0. The van der Waals surface area contributed by atoms with Gasteiger partial charge in [-0.25, -0.2) is 0 Å². The SMILES string of the molecule is CC(C)C(=O)c1ccc(SCc2ccc(C#N)cc2)cc1. The van der Waals surface area contributed by atoms with Gasteiger partial charge in [0.05, 0.1) is 11.6 Å². The van der Waals surface area contributed by atoms with Crippen molar-refractivity contribution in [2.45, 2.75) is 24.5 Å². The first-order chi connectivity index (χ1) is 10.1. The highest BCUT2D eigenvalue weighted by Crippen LogP contribution is 2.23. The molecule has 0 aromatic heterocycles. The monoisotopic (exact) mass is 295 g/mol. The number of nitrogens with zero attached hydrogens (tertiary/aromatic N) is 1. The average molecular weight is 295 g/mol. The molecular formula is C18H17NOS. The summed E-state index contributed by atoms with van der Waals surface area (Å²) in [6.45, 7) is 3.83. The number of hydrogen-bond donors (Lipinski definition) is 0. The molecule has 0 aliphatic heterocycles. The summed E-state index contributed by atoms with van der Waals surface area (Å²) in [5.41, 5.74) is 2.63. The number of carbonyl (C=O) groups excluding carboxylic acids is 1. The van der Waals surface area contributed by atoms with E-state index in [0.29, 0.717) is 5.56 Å². The second-order valence-electron chi connectivity index (χ2n) is 5.14. The molecule has 2 aromatic carbocycles. The molecule has 0 aliphatic rings. The molecule has 0 amide bonds. The molecule has 2 aromatic rings. The van der Waals surface area contributed by atoms with E-state index in [2.05, 4.69) is 6.07 Å². The molecule has 0 atom stereocenters. The molecule has 0 radical (unpaired) electrons. The molecule has 106 valence electrons. The molecule has 0 unspecified atom stereocenters. The fraction of sp³-hybridized carbons (Fsp3) is 0.222. The topological polar surface area (TPSA) is 40.9 Å². The first-order valence-corrected chi connectivity index (χ1v) is 7.85. The second kappa shape index (κ2) is 7.10. The maximum absolute atomic E-state index is 11.9. The largest absolute Gasteiger partial charge is 0.294 e. The van der Waals surface area contributed by atoms with E-state index >= 15 is 0 Å². The van der Waals surface area contributed by atoms with E-state index in [1.165, 1.54) is 5.56 Å². The molecule has 0 saturated carbocycles. The molecule has 0 aliphatic carbocycles. The third-order valence-electron chi connectivity index (χ3n) is 3.15. The van der Waals surface area contributed by atoms with Crippen LogP contribution in [0.15, 0.2) is 53.4 Å². The molecule has 2 rings (SSSR count). The van der Waals surface area contributed by atoms with Crippen LogP contribution in [-0.4, -0.2) is 5.78 Å². The molecule has 0 bridgehead atoms. The summed E-state index contributed by atoms with van der Waals surface area (Å²) >= 11 is 1.72. The van der Waals surface area contributed by atoms with Crippen molar-refractivity contribution in [1.82, 2.24) is 0 Å². The number of thioether (sulfide) groups is 1. The molecule has 2 nitrogen and oxygen atoms in total.